The average Bonchev–Trinajstić information content (AvgIpc) is 3.36. The Hall–Kier alpha value is -2.93. The Morgan fingerprint density at radius 3 is 2.85 bits per heavy atom. The quantitative estimate of drug-likeness (QED) is 0.736. The zero-order valence-corrected chi connectivity index (χ0v) is 14.4. The molecule has 134 valence electrons. The van der Waals surface area contributed by atoms with Gasteiger partial charge >= 0.3 is 0 Å². The molecule has 0 saturated carbocycles. The number of furan rings is 1. The predicted molar refractivity (Wildman–Crippen MR) is 97.6 cm³/mol. The number of hydrogen-bond donors (Lipinski definition) is 2. The molecule has 2 N–H and O–H groups in total. The molecule has 0 spiro atoms. The fraction of sp³-hybridized carbons (Fsp3) is 0.316. The van der Waals surface area contributed by atoms with Crippen LogP contribution in [0.1, 0.15) is 35.3 Å². The monoisotopic (exact) mass is 351 g/mol. The van der Waals surface area contributed by atoms with E-state index in [9.17, 15) is 4.79 Å². The number of rotatable bonds is 5. The molecule has 1 amide bonds. The molecule has 4 heterocycles. The van der Waals surface area contributed by atoms with Gasteiger partial charge in [-0.15, -0.1) is 0 Å². The standard InChI is InChI=1S/C19H21N5O2/c25-19(17-10-16(22-23-17)15-6-9-26-13-15)21-18-5-4-14(11-20-18)12-24-7-2-1-3-8-24/h4-6,9-11,13H,1-3,7-8,12H2,(H,22,23)(H,20,21,25). The first-order chi connectivity index (χ1) is 12.8. The number of carbonyl (C=O) groups excluding carboxylic acids is 1. The lowest BCUT2D eigenvalue weighted by Crippen LogP contribution is -2.29. The van der Waals surface area contributed by atoms with Crippen LogP contribution in [0.25, 0.3) is 11.3 Å². The molecule has 0 radical (unpaired) electrons. The Morgan fingerprint density at radius 1 is 1.23 bits per heavy atom. The van der Waals surface area contributed by atoms with Gasteiger partial charge in [0.25, 0.3) is 5.91 Å². The topological polar surface area (TPSA) is 87.1 Å². The minimum Gasteiger partial charge on any atom is -0.472 e. The second kappa shape index (κ2) is 7.53. The Bertz CT molecular complexity index is 848. The van der Waals surface area contributed by atoms with Crippen molar-refractivity contribution in [3.63, 3.8) is 0 Å². The highest BCUT2D eigenvalue weighted by Crippen LogP contribution is 2.18. The van der Waals surface area contributed by atoms with Crippen LogP contribution < -0.4 is 5.32 Å². The van der Waals surface area contributed by atoms with Crippen LogP contribution in [0.4, 0.5) is 5.82 Å². The van der Waals surface area contributed by atoms with Gasteiger partial charge < -0.3 is 9.73 Å². The SMILES string of the molecule is O=C(Nc1ccc(CN2CCCCC2)cn1)c1cc(-c2ccoc2)n[nH]1. The summed E-state index contributed by atoms with van der Waals surface area (Å²) < 4.78 is 5.03. The van der Waals surface area contributed by atoms with E-state index in [1.807, 2.05) is 18.3 Å². The maximum atomic E-state index is 12.3. The minimum atomic E-state index is -0.275. The maximum absolute atomic E-state index is 12.3. The van der Waals surface area contributed by atoms with E-state index in [1.54, 1.807) is 24.7 Å². The number of H-pyrrole nitrogens is 1. The van der Waals surface area contributed by atoms with Crippen LogP contribution in [0.5, 0.6) is 0 Å². The summed E-state index contributed by atoms with van der Waals surface area (Å²) in [5, 5.41) is 9.66. The summed E-state index contributed by atoms with van der Waals surface area (Å²) in [6, 6.07) is 7.33. The van der Waals surface area contributed by atoms with E-state index >= 15 is 0 Å². The summed E-state index contributed by atoms with van der Waals surface area (Å²) in [5.41, 5.74) is 3.02. The van der Waals surface area contributed by atoms with Crippen LogP contribution in [0.2, 0.25) is 0 Å². The molecule has 1 aliphatic rings. The van der Waals surface area contributed by atoms with Crippen molar-refractivity contribution < 1.29 is 9.21 Å². The Kier molecular flexibility index (Phi) is 4.79. The van der Waals surface area contributed by atoms with Gasteiger partial charge in [-0.05, 0) is 49.7 Å². The Labute approximate surface area is 151 Å². The van der Waals surface area contributed by atoms with Gasteiger partial charge in [0.2, 0.25) is 0 Å². The first-order valence-corrected chi connectivity index (χ1v) is 8.84. The van der Waals surface area contributed by atoms with Gasteiger partial charge in [-0.1, -0.05) is 12.5 Å². The van der Waals surface area contributed by atoms with Crippen LogP contribution in [0.15, 0.2) is 47.4 Å². The van der Waals surface area contributed by atoms with Gasteiger partial charge in [-0.3, -0.25) is 14.8 Å². The summed E-state index contributed by atoms with van der Waals surface area (Å²) >= 11 is 0. The molecule has 0 aromatic carbocycles. The lowest BCUT2D eigenvalue weighted by molar-refractivity contribution is 0.102. The van der Waals surface area contributed by atoms with Crippen molar-refractivity contribution in [2.24, 2.45) is 0 Å². The van der Waals surface area contributed by atoms with Crippen molar-refractivity contribution in [2.75, 3.05) is 18.4 Å². The number of anilines is 1. The molecule has 1 aliphatic heterocycles. The molecule has 3 aromatic heterocycles. The van der Waals surface area contributed by atoms with Crippen LogP contribution in [-0.2, 0) is 6.54 Å². The van der Waals surface area contributed by atoms with Crippen LogP contribution in [0, 0.1) is 0 Å². The third-order valence-corrected chi connectivity index (χ3v) is 4.56. The number of likely N-dealkylation sites (tertiary alicyclic amines) is 1. The van der Waals surface area contributed by atoms with Crippen molar-refractivity contribution in [3.8, 4) is 11.3 Å². The van der Waals surface area contributed by atoms with Crippen LogP contribution >= 0.6 is 0 Å². The molecule has 7 heteroatoms. The third-order valence-electron chi connectivity index (χ3n) is 4.56. The molecule has 0 atom stereocenters. The van der Waals surface area contributed by atoms with E-state index in [2.05, 4.69) is 25.4 Å². The number of piperidine rings is 1. The fourth-order valence-electron chi connectivity index (χ4n) is 3.15. The molecule has 0 aliphatic carbocycles. The van der Waals surface area contributed by atoms with Crippen LogP contribution in [0.3, 0.4) is 0 Å². The van der Waals surface area contributed by atoms with E-state index in [-0.39, 0.29) is 5.91 Å². The Morgan fingerprint density at radius 2 is 2.12 bits per heavy atom. The molecular weight excluding hydrogens is 330 g/mol. The lowest BCUT2D eigenvalue weighted by Gasteiger charge is -2.26. The van der Waals surface area contributed by atoms with Crippen LogP contribution in [-0.4, -0.2) is 39.1 Å². The summed E-state index contributed by atoms with van der Waals surface area (Å²) in [6.45, 7) is 3.21. The largest absolute Gasteiger partial charge is 0.472 e. The maximum Gasteiger partial charge on any atom is 0.274 e. The molecule has 0 bridgehead atoms. The van der Waals surface area contributed by atoms with Crippen molar-refractivity contribution in [2.45, 2.75) is 25.8 Å². The van der Waals surface area contributed by atoms with Crippen molar-refractivity contribution in [1.82, 2.24) is 20.1 Å². The Balaban J connectivity index is 1.37. The second-order valence-electron chi connectivity index (χ2n) is 6.52. The number of aromatic amines is 1. The highest BCUT2D eigenvalue weighted by Gasteiger charge is 2.13. The highest BCUT2D eigenvalue weighted by atomic mass is 16.3. The molecule has 1 fully saturated rings. The van der Waals surface area contributed by atoms with Gasteiger partial charge in [-0.25, -0.2) is 4.98 Å². The first-order valence-electron chi connectivity index (χ1n) is 8.84. The second-order valence-corrected chi connectivity index (χ2v) is 6.52. The predicted octanol–water partition coefficient (Wildman–Crippen LogP) is 3.30. The molecule has 1 saturated heterocycles. The fourth-order valence-corrected chi connectivity index (χ4v) is 3.15. The van der Waals surface area contributed by atoms with Gasteiger partial charge in [-0.2, -0.15) is 5.10 Å². The van der Waals surface area contributed by atoms with E-state index in [0.717, 1.165) is 30.8 Å². The number of hydrogen-bond acceptors (Lipinski definition) is 5. The van der Waals surface area contributed by atoms with E-state index < -0.39 is 0 Å². The number of nitrogens with one attached hydrogen (secondary N) is 2. The zero-order valence-electron chi connectivity index (χ0n) is 14.4. The number of aromatic nitrogens is 3. The molecule has 0 unspecified atom stereocenters. The molecular formula is C19H21N5O2. The van der Waals surface area contributed by atoms with Gasteiger partial charge in [0.05, 0.1) is 18.2 Å². The number of amides is 1. The summed E-state index contributed by atoms with van der Waals surface area (Å²) in [6.07, 6.45) is 8.85. The molecule has 26 heavy (non-hydrogen) atoms. The normalized spacial score (nSPS) is 15.1. The van der Waals surface area contributed by atoms with Gasteiger partial charge in [0, 0.05) is 18.3 Å². The van der Waals surface area contributed by atoms with Crippen molar-refractivity contribution in [1.29, 1.82) is 0 Å². The van der Waals surface area contributed by atoms with Gasteiger partial charge in [0.1, 0.15) is 11.5 Å². The number of nitrogens with zero attached hydrogens (tertiary/aromatic N) is 3. The summed E-state index contributed by atoms with van der Waals surface area (Å²) in [7, 11) is 0. The average molecular weight is 351 g/mol. The molecule has 3 aromatic rings. The molecule has 4 rings (SSSR count). The third kappa shape index (κ3) is 3.83. The van der Waals surface area contributed by atoms with E-state index in [4.69, 9.17) is 4.42 Å². The smallest absolute Gasteiger partial charge is 0.274 e. The first kappa shape index (κ1) is 16.5. The van der Waals surface area contributed by atoms with Crippen molar-refractivity contribution in [3.05, 3.63) is 54.2 Å². The van der Waals surface area contributed by atoms with Gasteiger partial charge in [0.15, 0.2) is 0 Å². The summed E-state index contributed by atoms with van der Waals surface area (Å²) in [4.78, 5) is 19.1. The number of carbonyl (C=O) groups is 1. The highest BCUT2D eigenvalue weighted by molar-refractivity contribution is 6.02. The minimum absolute atomic E-state index is 0.275. The summed E-state index contributed by atoms with van der Waals surface area (Å²) in [5.74, 6) is 0.250. The number of pyridine rings is 1. The van der Waals surface area contributed by atoms with Crippen molar-refractivity contribution >= 4 is 11.7 Å². The molecule has 7 nitrogen and oxygen atoms in total. The lowest BCUT2D eigenvalue weighted by atomic mass is 10.1. The van der Waals surface area contributed by atoms with E-state index in [0.29, 0.717) is 17.2 Å². The van der Waals surface area contributed by atoms with E-state index in [1.165, 1.54) is 19.3 Å². The zero-order chi connectivity index (χ0) is 17.8.